The molecule has 0 aliphatic heterocycles. The van der Waals surface area contributed by atoms with E-state index in [0.717, 1.165) is 0 Å². The molecule has 2 rings (SSSR count). The number of hydrogen-bond acceptors (Lipinski definition) is 5. The van der Waals surface area contributed by atoms with Gasteiger partial charge >= 0.3 is 0 Å². The maximum absolute atomic E-state index is 5.85. The first-order valence-corrected chi connectivity index (χ1v) is 6.01. The second-order valence-corrected chi connectivity index (χ2v) is 4.64. The Morgan fingerprint density at radius 1 is 1.21 bits per heavy atom. The average molecular weight is 359 g/mol. The Balaban J connectivity index is 2.57. The minimum Gasteiger partial charge on any atom is -0.213 e. The molecule has 0 saturated carbocycles. The van der Waals surface area contributed by atoms with Gasteiger partial charge in [-0.3, -0.25) is 0 Å². The van der Waals surface area contributed by atoms with Crippen LogP contribution in [0.3, 0.4) is 0 Å². The fraction of sp³-hybridized carbons (Fsp3) is 0. The molecule has 0 amide bonds. The van der Waals surface area contributed by atoms with Crippen LogP contribution in [-0.4, -0.2) is 19.6 Å². The van der Waals surface area contributed by atoms with Crippen LogP contribution in [0.5, 0.6) is 0 Å². The summed E-state index contributed by atoms with van der Waals surface area (Å²) in [4.78, 5) is 8.09. The highest BCUT2D eigenvalue weighted by Gasteiger charge is 2.11. The third-order valence-electron chi connectivity index (χ3n) is 1.36. The van der Waals surface area contributed by atoms with E-state index in [-0.39, 0.29) is 0 Å². The molecule has 0 N–H and O–H groups in total. The lowest BCUT2D eigenvalue weighted by molar-refractivity contribution is 1.09. The molecule has 0 aromatic carbocycles. The van der Waals surface area contributed by atoms with E-state index in [1.54, 1.807) is 5.38 Å². The van der Waals surface area contributed by atoms with Crippen LogP contribution in [0.15, 0.2) is 5.38 Å². The highest BCUT2D eigenvalue weighted by Crippen LogP contribution is 2.25. The minimum atomic E-state index is 0.327. The van der Waals surface area contributed by atoms with Crippen LogP contribution in [0.2, 0.25) is 10.3 Å². The normalized spacial score (nSPS) is 10.5. The van der Waals surface area contributed by atoms with Gasteiger partial charge in [-0.05, 0) is 34.1 Å². The van der Waals surface area contributed by atoms with Crippen molar-refractivity contribution < 1.29 is 0 Å². The summed E-state index contributed by atoms with van der Waals surface area (Å²) in [6.07, 6.45) is 0. The Kier molecular flexibility index (Phi) is 3.15. The summed E-state index contributed by atoms with van der Waals surface area (Å²) in [6.45, 7) is 0. The molecule has 0 aliphatic carbocycles. The van der Waals surface area contributed by atoms with Gasteiger partial charge in [-0.1, -0.05) is 27.7 Å². The zero-order valence-corrected chi connectivity index (χ0v) is 10.9. The predicted octanol–water partition coefficient (Wildman–Crippen LogP) is 2.91. The molecule has 2 aromatic heterocycles. The van der Waals surface area contributed by atoms with Gasteiger partial charge in [0.2, 0.25) is 0 Å². The molecule has 0 atom stereocenters. The van der Waals surface area contributed by atoms with E-state index in [4.69, 9.17) is 23.2 Å². The number of halogens is 3. The van der Waals surface area contributed by atoms with Crippen molar-refractivity contribution >= 4 is 57.3 Å². The van der Waals surface area contributed by atoms with Crippen LogP contribution in [-0.2, 0) is 0 Å². The van der Waals surface area contributed by atoms with Crippen LogP contribution < -0.4 is 0 Å². The van der Waals surface area contributed by atoms with Gasteiger partial charge in [0.05, 0.1) is 3.57 Å². The van der Waals surface area contributed by atoms with Crippen LogP contribution in [0.1, 0.15) is 0 Å². The molecule has 14 heavy (non-hydrogen) atoms. The quantitative estimate of drug-likeness (QED) is 0.581. The molecule has 0 unspecified atom stereocenters. The van der Waals surface area contributed by atoms with Crippen molar-refractivity contribution in [1.29, 1.82) is 0 Å². The fourth-order valence-electron chi connectivity index (χ4n) is 0.771. The van der Waals surface area contributed by atoms with Gasteiger partial charge in [0.1, 0.15) is 16.0 Å². The first-order chi connectivity index (χ1) is 6.68. The van der Waals surface area contributed by atoms with Crippen molar-refractivity contribution in [3.8, 4) is 11.5 Å². The minimum absolute atomic E-state index is 0.327. The Hall–Kier alpha value is -0.0500. The number of aromatic nitrogens is 4. The zero-order valence-electron chi connectivity index (χ0n) is 6.41. The monoisotopic (exact) mass is 358 g/mol. The maximum Gasteiger partial charge on any atom is 0.183 e. The summed E-state index contributed by atoms with van der Waals surface area (Å²) in [5.74, 6) is 0.397. The van der Waals surface area contributed by atoms with Gasteiger partial charge in [0, 0.05) is 5.38 Å². The fourth-order valence-corrected chi connectivity index (χ4v) is 1.83. The Morgan fingerprint density at radius 3 is 2.36 bits per heavy atom. The van der Waals surface area contributed by atoms with Crippen molar-refractivity contribution in [1.82, 2.24) is 19.6 Å². The molecule has 0 spiro atoms. The summed E-state index contributed by atoms with van der Waals surface area (Å²) in [5, 5.41) is 6.21. The van der Waals surface area contributed by atoms with Gasteiger partial charge in [-0.25, -0.2) is 9.97 Å². The van der Waals surface area contributed by atoms with E-state index in [2.05, 4.69) is 19.6 Å². The number of rotatable bonds is 1. The number of hydrogen-bond donors (Lipinski definition) is 0. The topological polar surface area (TPSA) is 51.6 Å². The van der Waals surface area contributed by atoms with Gasteiger partial charge in [-0.15, -0.1) is 5.10 Å². The summed E-state index contributed by atoms with van der Waals surface area (Å²) >= 11 is 14.9. The third kappa shape index (κ3) is 1.97. The molecule has 4 nitrogen and oxygen atoms in total. The molecule has 2 aromatic rings. The van der Waals surface area contributed by atoms with Crippen molar-refractivity contribution in [3.05, 3.63) is 19.3 Å². The molecule has 0 radical (unpaired) electrons. The third-order valence-corrected chi connectivity index (χ3v) is 4.07. The predicted molar refractivity (Wildman–Crippen MR) is 63.7 cm³/mol. The SMILES string of the molecule is Clc1nc(-c2csnn2)nc(Cl)c1I. The highest BCUT2D eigenvalue weighted by molar-refractivity contribution is 14.1. The highest BCUT2D eigenvalue weighted by atomic mass is 127. The van der Waals surface area contributed by atoms with Crippen LogP contribution >= 0.6 is 57.3 Å². The smallest absolute Gasteiger partial charge is 0.183 e. The van der Waals surface area contributed by atoms with E-state index in [0.29, 0.717) is 25.4 Å². The summed E-state index contributed by atoms with van der Waals surface area (Å²) in [6, 6.07) is 0. The van der Waals surface area contributed by atoms with Crippen LogP contribution in [0, 0.1) is 3.57 Å². The number of nitrogens with zero attached hydrogens (tertiary/aromatic N) is 4. The summed E-state index contributed by atoms with van der Waals surface area (Å²) in [7, 11) is 0. The summed E-state index contributed by atoms with van der Waals surface area (Å²) < 4.78 is 4.34. The van der Waals surface area contributed by atoms with Gasteiger partial charge in [0.25, 0.3) is 0 Å². The van der Waals surface area contributed by atoms with Crippen LogP contribution in [0.25, 0.3) is 11.5 Å². The molecule has 8 heteroatoms. The Bertz CT molecular complexity index is 438. The Morgan fingerprint density at radius 2 is 1.86 bits per heavy atom. The standard InChI is InChI=1S/C6HCl2IN4S/c7-4-3(9)5(8)11-6(10-4)2-1-14-13-12-2/h1H. The lowest BCUT2D eigenvalue weighted by Gasteiger charge is -1.99. The zero-order chi connectivity index (χ0) is 10.1. The van der Waals surface area contributed by atoms with Gasteiger partial charge in [0.15, 0.2) is 5.82 Å². The van der Waals surface area contributed by atoms with E-state index in [1.165, 1.54) is 11.5 Å². The largest absolute Gasteiger partial charge is 0.213 e. The maximum atomic E-state index is 5.85. The molecule has 0 fully saturated rings. The lowest BCUT2D eigenvalue weighted by atomic mass is 10.4. The molecular formula is C6HCl2IN4S. The molecule has 0 aliphatic rings. The van der Waals surface area contributed by atoms with Crippen molar-refractivity contribution in [3.63, 3.8) is 0 Å². The van der Waals surface area contributed by atoms with Crippen LogP contribution in [0.4, 0.5) is 0 Å². The molecule has 72 valence electrons. The molecule has 0 bridgehead atoms. The summed E-state index contributed by atoms with van der Waals surface area (Å²) in [5.41, 5.74) is 0.579. The first-order valence-electron chi connectivity index (χ1n) is 3.34. The van der Waals surface area contributed by atoms with Gasteiger partial charge in [-0.2, -0.15) is 0 Å². The van der Waals surface area contributed by atoms with Crippen molar-refractivity contribution in [2.24, 2.45) is 0 Å². The Labute approximate surface area is 107 Å². The second kappa shape index (κ2) is 4.21. The van der Waals surface area contributed by atoms with E-state index in [1.807, 2.05) is 22.6 Å². The second-order valence-electron chi connectivity index (χ2n) is 2.23. The van der Waals surface area contributed by atoms with E-state index in [9.17, 15) is 0 Å². The molecule has 0 saturated heterocycles. The van der Waals surface area contributed by atoms with E-state index >= 15 is 0 Å². The molecular weight excluding hydrogens is 358 g/mol. The average Bonchev–Trinajstić information content (AvgIpc) is 2.66. The van der Waals surface area contributed by atoms with E-state index < -0.39 is 0 Å². The van der Waals surface area contributed by atoms with Crippen molar-refractivity contribution in [2.75, 3.05) is 0 Å². The first kappa shape index (κ1) is 10.5. The molecule has 2 heterocycles. The van der Waals surface area contributed by atoms with Crippen molar-refractivity contribution in [2.45, 2.75) is 0 Å². The van der Waals surface area contributed by atoms with Gasteiger partial charge < -0.3 is 0 Å². The lowest BCUT2D eigenvalue weighted by Crippen LogP contribution is -1.93.